The Morgan fingerprint density at radius 2 is 1.66 bits per heavy atom. The van der Waals surface area contributed by atoms with Gasteiger partial charge in [0.2, 0.25) is 5.91 Å². The second-order valence-electron chi connectivity index (χ2n) is 9.44. The summed E-state index contributed by atoms with van der Waals surface area (Å²) >= 11 is 0. The van der Waals surface area contributed by atoms with E-state index in [0.29, 0.717) is 13.0 Å². The first-order chi connectivity index (χ1) is 13.1. The molecule has 1 unspecified atom stereocenters. The number of carbonyl (C=O) groups is 4. The van der Waals surface area contributed by atoms with Gasteiger partial charge >= 0.3 is 12.2 Å². The van der Waals surface area contributed by atoms with Crippen LogP contribution in [0.1, 0.15) is 61.3 Å². The average Bonchev–Trinajstić information content (AvgIpc) is 2.51. The number of likely N-dealkylation sites (N-methyl/N-ethyl adjacent to an activating group) is 1. The molecule has 1 heterocycles. The van der Waals surface area contributed by atoms with E-state index in [1.807, 2.05) is 13.0 Å². The molecular formula is C21H34N2O6. The van der Waals surface area contributed by atoms with Gasteiger partial charge in [0.1, 0.15) is 17.0 Å². The monoisotopic (exact) mass is 410 g/mol. The van der Waals surface area contributed by atoms with E-state index in [0.717, 1.165) is 10.5 Å². The van der Waals surface area contributed by atoms with E-state index in [-0.39, 0.29) is 18.7 Å². The zero-order valence-electron chi connectivity index (χ0n) is 18.8. The minimum atomic E-state index is -0.730. The van der Waals surface area contributed by atoms with E-state index in [1.165, 1.54) is 4.90 Å². The molecule has 8 heteroatoms. The summed E-state index contributed by atoms with van der Waals surface area (Å²) in [6.07, 6.45) is 0.761. The van der Waals surface area contributed by atoms with Crippen LogP contribution in [0.4, 0.5) is 9.59 Å². The van der Waals surface area contributed by atoms with E-state index in [2.05, 4.69) is 0 Å². The lowest BCUT2D eigenvalue weighted by Crippen LogP contribution is -2.49. The number of piperidine rings is 1. The van der Waals surface area contributed by atoms with Crippen molar-refractivity contribution in [2.24, 2.45) is 5.92 Å². The van der Waals surface area contributed by atoms with Crippen LogP contribution in [0.15, 0.2) is 11.6 Å². The van der Waals surface area contributed by atoms with Crippen LogP contribution >= 0.6 is 0 Å². The Balaban J connectivity index is 2.71. The maximum Gasteiger partial charge on any atom is 0.417 e. The molecule has 8 nitrogen and oxygen atoms in total. The van der Waals surface area contributed by atoms with Crippen LogP contribution in [0.5, 0.6) is 0 Å². The third kappa shape index (κ3) is 8.66. The summed E-state index contributed by atoms with van der Waals surface area (Å²) in [4.78, 5) is 51.1. The van der Waals surface area contributed by atoms with Crippen LogP contribution in [0, 0.1) is 5.92 Å². The lowest BCUT2D eigenvalue weighted by molar-refractivity contribution is -0.141. The molecule has 0 aromatic carbocycles. The fraction of sp³-hybridized carbons (Fsp3) is 0.714. The SMILES string of the molecule is CC(=CCN(C)C(=O)OC(C)(C)C)CC1CN(C(=O)OC(C)(C)C)C(=O)CC1=O. The third-order valence-corrected chi connectivity index (χ3v) is 4.09. The normalized spacial score (nSPS) is 18.6. The lowest BCUT2D eigenvalue weighted by atomic mass is 9.90. The summed E-state index contributed by atoms with van der Waals surface area (Å²) in [5, 5.41) is 0. The fourth-order valence-electron chi connectivity index (χ4n) is 2.66. The molecular weight excluding hydrogens is 376 g/mol. The molecule has 0 saturated carbocycles. The molecule has 0 spiro atoms. The summed E-state index contributed by atoms with van der Waals surface area (Å²) in [5.41, 5.74) is -0.413. The maximum atomic E-state index is 12.3. The van der Waals surface area contributed by atoms with Crippen molar-refractivity contribution in [1.82, 2.24) is 9.80 Å². The number of hydrogen-bond donors (Lipinski definition) is 0. The van der Waals surface area contributed by atoms with Gasteiger partial charge in [-0.2, -0.15) is 0 Å². The van der Waals surface area contributed by atoms with Gasteiger partial charge in [-0.15, -0.1) is 0 Å². The standard InChI is InChI=1S/C21H34N2O6/c1-14(9-10-22(8)18(26)28-20(2,3)4)11-15-13-23(17(25)12-16(15)24)19(27)29-21(5,6)7/h9,15H,10-13H2,1-8H3. The highest BCUT2D eigenvalue weighted by Crippen LogP contribution is 2.23. The predicted octanol–water partition coefficient (Wildman–Crippen LogP) is 3.54. The Bertz CT molecular complexity index is 684. The second-order valence-corrected chi connectivity index (χ2v) is 9.44. The molecule has 3 amide bonds. The van der Waals surface area contributed by atoms with Gasteiger partial charge in [-0.1, -0.05) is 11.6 Å². The molecule has 0 bridgehead atoms. The number of ether oxygens (including phenoxy) is 2. The Kier molecular flexibility index (Phi) is 8.00. The van der Waals surface area contributed by atoms with Gasteiger partial charge in [-0.3, -0.25) is 9.59 Å². The van der Waals surface area contributed by atoms with E-state index in [9.17, 15) is 19.2 Å². The molecule has 164 valence electrons. The number of imide groups is 1. The van der Waals surface area contributed by atoms with Crippen LogP contribution in [0.2, 0.25) is 0 Å². The molecule has 0 radical (unpaired) electrons. The van der Waals surface area contributed by atoms with Crippen LogP contribution in [-0.4, -0.2) is 65.0 Å². The van der Waals surface area contributed by atoms with Crippen molar-refractivity contribution in [3.05, 3.63) is 11.6 Å². The smallest absolute Gasteiger partial charge is 0.417 e. The zero-order valence-corrected chi connectivity index (χ0v) is 18.8. The van der Waals surface area contributed by atoms with Gasteiger partial charge < -0.3 is 14.4 Å². The van der Waals surface area contributed by atoms with Crippen molar-refractivity contribution in [2.45, 2.75) is 72.5 Å². The highest BCUT2D eigenvalue weighted by Gasteiger charge is 2.37. The molecule has 1 atom stereocenters. The average molecular weight is 411 g/mol. The molecule has 1 fully saturated rings. The predicted molar refractivity (Wildman–Crippen MR) is 108 cm³/mol. The highest BCUT2D eigenvalue weighted by atomic mass is 16.6. The van der Waals surface area contributed by atoms with E-state index in [4.69, 9.17) is 9.47 Å². The number of hydrogen-bond acceptors (Lipinski definition) is 6. The molecule has 0 N–H and O–H groups in total. The van der Waals surface area contributed by atoms with Crippen LogP contribution in [0.25, 0.3) is 0 Å². The summed E-state index contributed by atoms with van der Waals surface area (Å²) in [7, 11) is 1.63. The molecule has 0 aromatic rings. The zero-order chi connectivity index (χ0) is 22.6. The first-order valence-electron chi connectivity index (χ1n) is 9.75. The Hall–Kier alpha value is -2.38. The second kappa shape index (κ2) is 9.41. The van der Waals surface area contributed by atoms with E-state index >= 15 is 0 Å². The minimum Gasteiger partial charge on any atom is -0.444 e. The van der Waals surface area contributed by atoms with Crippen molar-refractivity contribution in [3.63, 3.8) is 0 Å². The number of ketones is 1. The van der Waals surface area contributed by atoms with Crippen LogP contribution < -0.4 is 0 Å². The van der Waals surface area contributed by atoms with E-state index < -0.39 is 35.2 Å². The van der Waals surface area contributed by atoms with Gasteiger partial charge in [-0.25, -0.2) is 14.5 Å². The number of Topliss-reactive ketones (excluding diaryl/α,β-unsaturated/α-hetero) is 1. The minimum absolute atomic E-state index is 0.000332. The quantitative estimate of drug-likeness (QED) is 0.520. The summed E-state index contributed by atoms with van der Waals surface area (Å²) in [6, 6.07) is 0. The van der Waals surface area contributed by atoms with E-state index in [1.54, 1.807) is 48.6 Å². The first kappa shape index (κ1) is 24.7. The Labute approximate surface area is 173 Å². The van der Waals surface area contributed by atoms with Crippen molar-refractivity contribution in [2.75, 3.05) is 20.1 Å². The van der Waals surface area contributed by atoms with Gasteiger partial charge in [0.05, 0.1) is 6.42 Å². The molecule has 0 aromatic heterocycles. The molecule has 1 rings (SSSR count). The third-order valence-electron chi connectivity index (χ3n) is 4.09. The number of rotatable bonds is 4. The summed E-state index contributed by atoms with van der Waals surface area (Å²) in [5.74, 6) is -1.21. The molecule has 1 aliphatic heterocycles. The van der Waals surface area contributed by atoms with Crippen molar-refractivity contribution in [3.8, 4) is 0 Å². The van der Waals surface area contributed by atoms with Gasteiger partial charge in [-0.05, 0) is 54.9 Å². The number of carbonyl (C=O) groups excluding carboxylic acids is 4. The number of allylic oxidation sites excluding steroid dienone is 1. The maximum absolute atomic E-state index is 12.3. The fourth-order valence-corrected chi connectivity index (χ4v) is 2.66. The highest BCUT2D eigenvalue weighted by molar-refractivity contribution is 6.06. The number of nitrogens with zero attached hydrogens (tertiary/aromatic N) is 2. The largest absolute Gasteiger partial charge is 0.444 e. The van der Waals surface area contributed by atoms with Crippen molar-refractivity contribution in [1.29, 1.82) is 0 Å². The molecule has 0 aliphatic carbocycles. The Morgan fingerprint density at radius 3 is 2.17 bits per heavy atom. The van der Waals surface area contributed by atoms with Crippen LogP contribution in [-0.2, 0) is 19.1 Å². The molecule has 1 saturated heterocycles. The number of amides is 3. The lowest BCUT2D eigenvalue weighted by Gasteiger charge is -2.32. The molecule has 1 aliphatic rings. The van der Waals surface area contributed by atoms with Gasteiger partial charge in [0.25, 0.3) is 0 Å². The molecule has 29 heavy (non-hydrogen) atoms. The number of likely N-dealkylation sites (tertiary alicyclic amines) is 1. The van der Waals surface area contributed by atoms with Gasteiger partial charge in [0.15, 0.2) is 0 Å². The van der Waals surface area contributed by atoms with Crippen LogP contribution in [0.3, 0.4) is 0 Å². The summed E-state index contributed by atoms with van der Waals surface area (Å²) in [6.45, 7) is 12.7. The summed E-state index contributed by atoms with van der Waals surface area (Å²) < 4.78 is 10.6. The van der Waals surface area contributed by atoms with Gasteiger partial charge in [0, 0.05) is 26.1 Å². The Morgan fingerprint density at radius 1 is 1.10 bits per heavy atom. The van der Waals surface area contributed by atoms with Crippen molar-refractivity contribution >= 4 is 23.9 Å². The van der Waals surface area contributed by atoms with Crippen molar-refractivity contribution < 1.29 is 28.7 Å². The first-order valence-corrected chi connectivity index (χ1v) is 9.75. The topological polar surface area (TPSA) is 93.2 Å².